The number of anilines is 2. The van der Waals surface area contributed by atoms with Crippen LogP contribution in [0.2, 0.25) is 5.02 Å². The number of nitrogens with zero attached hydrogens (tertiary/aromatic N) is 1. The number of carboxylic acids is 1. The summed E-state index contributed by atoms with van der Waals surface area (Å²) in [7, 11) is 6.00. The zero-order chi connectivity index (χ0) is 46.8. The standard InChI is InChI=1S/C44H46ClN5O8.C2HF3O2/c1-50(2)34-19-27(20-35(50)43-42(34)58-43)57-44(55)48-32-17-24(9-11-28(32)25-7-5-4-6-8-25)10-15-39(53)47-33-21-38(56-3)26(18-31(33)45)22-46-23-37(52)29-12-14-36(51)41-30(29)13-16-40(54)49-41;3-2(4,5)1(6)7/h4-9,11-14,16-18,21,27,34-35,37,42-43,46,52H,10,15,19-20,22-23H2,1-3H3,(H3-,47,48,49,51,53,54,55);(H,6,7)/t27-,34-,35+,37-,42-,43+;/m0./s1. The minimum atomic E-state index is -5.19. The number of benzene rings is 4. The number of halogens is 4. The van der Waals surface area contributed by atoms with Gasteiger partial charge in [-0.2, -0.15) is 13.2 Å². The molecule has 6 N–H and O–H groups in total. The highest BCUT2D eigenvalue weighted by molar-refractivity contribution is 6.33. The van der Waals surface area contributed by atoms with E-state index in [1.807, 2.05) is 48.5 Å². The number of carbonyl (C=O) groups is 3. The van der Waals surface area contributed by atoms with Crippen LogP contribution in [0.25, 0.3) is 22.0 Å². The van der Waals surface area contributed by atoms with Crippen molar-refractivity contribution in [2.75, 3.05) is 38.4 Å². The number of ether oxygens (including phenoxy) is 3. The average Bonchev–Trinajstić information content (AvgIpc) is 4.03. The number of aliphatic hydroxyl groups is 1. The second-order valence-electron chi connectivity index (χ2n) is 16.6. The molecular weight excluding hydrogens is 875 g/mol. The lowest BCUT2D eigenvalue weighted by Crippen LogP contribution is -2.60. The van der Waals surface area contributed by atoms with E-state index in [-0.39, 0.29) is 54.0 Å². The Balaban J connectivity index is 0.000000833. The summed E-state index contributed by atoms with van der Waals surface area (Å²) in [5, 5.41) is 39.9. The first-order valence-corrected chi connectivity index (χ1v) is 21.0. The minimum Gasteiger partial charge on any atom is -0.542 e. The molecule has 0 unspecified atom stereocenters. The van der Waals surface area contributed by atoms with Crippen molar-refractivity contribution in [3.05, 3.63) is 117 Å². The van der Waals surface area contributed by atoms with E-state index >= 15 is 0 Å². The fourth-order valence-electron chi connectivity index (χ4n) is 8.80. The zero-order valence-corrected chi connectivity index (χ0v) is 36.2. The van der Waals surface area contributed by atoms with Gasteiger partial charge in [-0.15, -0.1) is 0 Å². The zero-order valence-electron chi connectivity index (χ0n) is 35.4. The van der Waals surface area contributed by atoms with Crippen LogP contribution in [0.4, 0.5) is 29.3 Å². The van der Waals surface area contributed by atoms with Crippen LogP contribution in [0.5, 0.6) is 11.5 Å². The number of aromatic amines is 1. The second-order valence-corrected chi connectivity index (χ2v) is 17.0. The van der Waals surface area contributed by atoms with Crippen molar-refractivity contribution in [2.24, 2.45) is 0 Å². The van der Waals surface area contributed by atoms with Crippen molar-refractivity contribution >= 4 is 51.8 Å². The number of aromatic hydroxyl groups is 1. The molecule has 2 bridgehead atoms. The number of methoxy groups -OCH3 is 1. The number of morpholine rings is 1. The molecule has 8 rings (SSSR count). The number of hydrogen-bond acceptors (Lipinski definition) is 11. The van der Waals surface area contributed by atoms with Crippen molar-refractivity contribution in [1.29, 1.82) is 0 Å². The van der Waals surface area contributed by atoms with E-state index in [1.54, 1.807) is 24.3 Å². The summed E-state index contributed by atoms with van der Waals surface area (Å²) in [4.78, 5) is 49.8. The van der Waals surface area contributed by atoms with Gasteiger partial charge in [0.05, 0.1) is 49.2 Å². The molecule has 0 radical (unpaired) electrons. The van der Waals surface area contributed by atoms with Crippen molar-refractivity contribution < 1.29 is 61.6 Å². The molecule has 4 heterocycles. The number of aliphatic carboxylic acids is 1. The number of epoxide rings is 1. The molecule has 3 aliphatic rings. The Kier molecular flexibility index (Phi) is 13.8. The Morgan fingerprint density at radius 3 is 2.32 bits per heavy atom. The third-order valence-electron chi connectivity index (χ3n) is 12.2. The van der Waals surface area contributed by atoms with Crippen LogP contribution in [0.1, 0.15) is 42.1 Å². The molecule has 15 nitrogen and oxygen atoms in total. The molecule has 344 valence electrons. The van der Waals surface area contributed by atoms with Crippen molar-refractivity contribution in [3.63, 3.8) is 0 Å². The number of amides is 2. The van der Waals surface area contributed by atoms with E-state index in [2.05, 4.69) is 35.0 Å². The maximum absolute atomic E-state index is 13.4. The van der Waals surface area contributed by atoms with E-state index < -0.39 is 24.3 Å². The third-order valence-corrected chi connectivity index (χ3v) is 12.5. The first kappa shape index (κ1) is 46.8. The highest BCUT2D eigenvalue weighted by Crippen LogP contribution is 2.51. The molecule has 0 spiro atoms. The Morgan fingerprint density at radius 1 is 0.969 bits per heavy atom. The number of aryl methyl sites for hydroxylation is 1. The number of quaternary nitrogens is 1. The number of H-pyrrole nitrogens is 1. The second kappa shape index (κ2) is 19.1. The highest BCUT2D eigenvalue weighted by atomic mass is 35.5. The molecule has 0 aliphatic carbocycles. The van der Waals surface area contributed by atoms with E-state index in [4.69, 9.17) is 35.7 Å². The van der Waals surface area contributed by atoms with Crippen LogP contribution < -0.4 is 31.4 Å². The number of nitrogens with one attached hydrogen (secondary N) is 4. The van der Waals surface area contributed by atoms with E-state index in [0.717, 1.165) is 34.0 Å². The molecule has 5 aromatic rings. The quantitative estimate of drug-likeness (QED) is 0.0635. The normalized spacial score (nSPS) is 20.7. The van der Waals surface area contributed by atoms with Gasteiger partial charge in [-0.05, 0) is 47.4 Å². The number of piperidine rings is 1. The SMILES string of the molecule is COc1cc(NC(=O)CCc2ccc(-c3ccccc3)c(NC(=O)O[C@@H]3C[C@@H]4[C@H]5O[C@H]5[C@H](C3)[N+]4(C)C)c2)c(Cl)cc1CNC[C@H](O)c1ccc(O)c2[nH]c(=O)ccc12.O=C([O-])C(F)(F)F. The molecule has 0 saturated carbocycles. The number of phenols is 1. The molecular formula is C46H47ClF3N5O10. The van der Waals surface area contributed by atoms with Gasteiger partial charge in [-0.25, -0.2) is 4.79 Å². The summed E-state index contributed by atoms with van der Waals surface area (Å²) in [6.07, 6.45) is -4.21. The van der Waals surface area contributed by atoms with Gasteiger partial charge in [0.15, 0.2) is 0 Å². The number of phenolic OH excluding ortho intramolecular Hbond substituents is 1. The monoisotopic (exact) mass is 921 g/mol. The summed E-state index contributed by atoms with van der Waals surface area (Å²) in [5.74, 6) is -2.86. The Labute approximate surface area is 375 Å². The van der Waals surface area contributed by atoms with Crippen molar-refractivity contribution in [3.8, 4) is 22.6 Å². The first-order valence-electron chi connectivity index (χ1n) is 20.7. The smallest absolute Gasteiger partial charge is 0.430 e. The van der Waals surface area contributed by atoms with Crippen LogP contribution in [0.3, 0.4) is 0 Å². The Bertz CT molecular complexity index is 2630. The number of pyridine rings is 1. The molecule has 3 aliphatic heterocycles. The van der Waals surface area contributed by atoms with Crippen LogP contribution in [0.15, 0.2) is 89.7 Å². The number of carbonyl (C=O) groups excluding carboxylic acids is 3. The number of aromatic nitrogens is 1. The number of likely N-dealkylation sites (N-methyl/N-ethyl adjacent to an activating group) is 1. The fourth-order valence-corrected chi connectivity index (χ4v) is 9.04. The fraction of sp³-hybridized carbons (Fsp3) is 0.348. The lowest BCUT2D eigenvalue weighted by Gasteiger charge is -2.45. The molecule has 65 heavy (non-hydrogen) atoms. The van der Waals surface area contributed by atoms with Crippen molar-refractivity contribution in [2.45, 2.75) is 74.9 Å². The van der Waals surface area contributed by atoms with E-state index in [1.165, 1.54) is 19.2 Å². The Hall–Kier alpha value is -6.18. The summed E-state index contributed by atoms with van der Waals surface area (Å²) < 4.78 is 50.0. The summed E-state index contributed by atoms with van der Waals surface area (Å²) in [5.41, 5.74) is 4.79. The van der Waals surface area contributed by atoms with Gasteiger partial charge in [0, 0.05) is 61.0 Å². The molecule has 4 aromatic carbocycles. The highest BCUT2D eigenvalue weighted by Gasteiger charge is 2.70. The number of carboxylic acid groups (broad SMARTS) is 1. The predicted octanol–water partition coefficient (Wildman–Crippen LogP) is 5.56. The van der Waals surface area contributed by atoms with Gasteiger partial charge in [0.25, 0.3) is 0 Å². The molecule has 3 fully saturated rings. The number of fused-ring (bicyclic) bond motifs is 6. The molecule has 2 amide bonds. The molecule has 1 aromatic heterocycles. The molecule has 19 heteroatoms. The maximum atomic E-state index is 13.4. The lowest BCUT2D eigenvalue weighted by molar-refractivity contribution is -0.938. The number of hydrogen-bond donors (Lipinski definition) is 6. The van der Waals surface area contributed by atoms with Crippen LogP contribution in [-0.2, 0) is 32.0 Å². The van der Waals surface area contributed by atoms with Crippen LogP contribution in [-0.4, -0.2) is 102 Å². The van der Waals surface area contributed by atoms with Crippen molar-refractivity contribution in [1.82, 2.24) is 10.3 Å². The summed E-state index contributed by atoms with van der Waals surface area (Å²) in [6.45, 7) is 0.442. The summed E-state index contributed by atoms with van der Waals surface area (Å²) in [6, 6.07) is 25.6. The number of alkyl halides is 3. The number of aliphatic hydroxyl groups excluding tert-OH is 1. The minimum absolute atomic E-state index is 0.0847. The average molecular weight is 922 g/mol. The van der Waals surface area contributed by atoms with Gasteiger partial charge in [0.1, 0.15) is 47.9 Å². The Morgan fingerprint density at radius 2 is 1.66 bits per heavy atom. The van der Waals surface area contributed by atoms with E-state index in [0.29, 0.717) is 63.7 Å². The topological polar surface area (TPSA) is 215 Å². The van der Waals surface area contributed by atoms with Gasteiger partial charge >= 0.3 is 12.3 Å². The molecule has 3 saturated heterocycles. The largest absolute Gasteiger partial charge is 0.542 e. The lowest BCUT2D eigenvalue weighted by atomic mass is 9.96. The predicted molar refractivity (Wildman–Crippen MR) is 232 cm³/mol. The molecule has 6 atom stereocenters. The van der Waals surface area contributed by atoms with Gasteiger partial charge < -0.3 is 54.4 Å². The van der Waals surface area contributed by atoms with Crippen LogP contribution >= 0.6 is 11.6 Å². The first-order chi connectivity index (χ1) is 30.8. The van der Waals surface area contributed by atoms with E-state index in [9.17, 15) is 37.8 Å². The van der Waals surface area contributed by atoms with Gasteiger partial charge in [-0.3, -0.25) is 14.9 Å². The van der Waals surface area contributed by atoms with Crippen LogP contribution in [0, 0.1) is 0 Å². The third kappa shape index (κ3) is 10.7. The maximum Gasteiger partial charge on any atom is 0.430 e. The van der Waals surface area contributed by atoms with Gasteiger partial charge in [0.2, 0.25) is 11.5 Å². The number of rotatable bonds is 13. The summed E-state index contributed by atoms with van der Waals surface area (Å²) >= 11 is 6.65. The van der Waals surface area contributed by atoms with Gasteiger partial charge in [-0.1, -0.05) is 60.1 Å².